The number of nitrogens with one attached hydrogen (secondary N) is 1. The van der Waals surface area contributed by atoms with E-state index < -0.39 is 53.4 Å². The molecule has 0 aromatic heterocycles. The first-order valence-corrected chi connectivity index (χ1v) is 5.80. The Balaban J connectivity index is 2.55. The van der Waals surface area contributed by atoms with E-state index in [1.54, 1.807) is 6.92 Å². The summed E-state index contributed by atoms with van der Waals surface area (Å²) in [6, 6.07) is -0.943. The van der Waals surface area contributed by atoms with Crippen LogP contribution in [0.1, 0.15) is 13.3 Å². The molecular weight excluding hydrogens is 280 g/mol. The average molecular weight is 290 g/mol. The van der Waals surface area contributed by atoms with Crippen LogP contribution in [0, 0.1) is 23.3 Å². The van der Waals surface area contributed by atoms with Crippen molar-refractivity contribution in [1.82, 2.24) is 5.32 Å². The molecule has 0 spiro atoms. The summed E-state index contributed by atoms with van der Waals surface area (Å²) in [7, 11) is 0. The minimum Gasteiger partial charge on any atom is -0.343 e. The number of hydrogen-bond donors (Lipinski definition) is 1. The molecule has 2 amide bonds. The van der Waals surface area contributed by atoms with Crippen LogP contribution in [-0.4, -0.2) is 24.4 Å². The zero-order valence-electron chi connectivity index (χ0n) is 10.3. The standard InChI is InChI=1S/C12H10F4N2O2/c1-2-7-12(20)18(4-8(19)17-7)11-9(15)5(13)3-6(14)10(11)16/h3,7H,2,4H2,1H3,(H,17,19). The van der Waals surface area contributed by atoms with Crippen molar-refractivity contribution in [3.05, 3.63) is 29.3 Å². The number of carbonyl (C=O) groups is 2. The zero-order valence-corrected chi connectivity index (χ0v) is 10.3. The van der Waals surface area contributed by atoms with Gasteiger partial charge in [0, 0.05) is 6.07 Å². The van der Waals surface area contributed by atoms with E-state index in [4.69, 9.17) is 0 Å². The highest BCUT2D eigenvalue weighted by Crippen LogP contribution is 2.29. The maximum Gasteiger partial charge on any atom is 0.250 e. The number of benzene rings is 1. The second kappa shape index (κ2) is 5.10. The van der Waals surface area contributed by atoms with Crippen LogP contribution in [0.4, 0.5) is 23.2 Å². The summed E-state index contributed by atoms with van der Waals surface area (Å²) >= 11 is 0. The average Bonchev–Trinajstić information content (AvgIpc) is 2.40. The summed E-state index contributed by atoms with van der Waals surface area (Å²) in [4.78, 5) is 23.8. The molecule has 2 rings (SSSR count). The van der Waals surface area contributed by atoms with Crippen molar-refractivity contribution in [2.45, 2.75) is 19.4 Å². The van der Waals surface area contributed by atoms with E-state index in [0.717, 1.165) is 0 Å². The third-order valence-corrected chi connectivity index (χ3v) is 2.97. The first-order valence-electron chi connectivity index (χ1n) is 5.80. The van der Waals surface area contributed by atoms with Crippen LogP contribution in [0.3, 0.4) is 0 Å². The van der Waals surface area contributed by atoms with Crippen LogP contribution in [0.5, 0.6) is 0 Å². The van der Waals surface area contributed by atoms with E-state index >= 15 is 0 Å². The van der Waals surface area contributed by atoms with Gasteiger partial charge in [0.2, 0.25) is 11.8 Å². The molecule has 0 aliphatic carbocycles. The first kappa shape index (κ1) is 14.3. The predicted molar refractivity (Wildman–Crippen MR) is 60.8 cm³/mol. The minimum atomic E-state index is -1.71. The molecule has 0 saturated carbocycles. The molecule has 1 saturated heterocycles. The summed E-state index contributed by atoms with van der Waals surface area (Å²) in [6.45, 7) is 0.872. The molecule has 0 radical (unpaired) electrons. The lowest BCUT2D eigenvalue weighted by Crippen LogP contribution is -2.58. The van der Waals surface area contributed by atoms with Gasteiger partial charge in [-0.3, -0.25) is 14.5 Å². The van der Waals surface area contributed by atoms with Gasteiger partial charge in [-0.15, -0.1) is 0 Å². The molecule has 1 aliphatic heterocycles. The molecule has 1 aliphatic rings. The van der Waals surface area contributed by atoms with Crippen LogP contribution in [0.15, 0.2) is 6.07 Å². The summed E-state index contributed by atoms with van der Waals surface area (Å²) in [5.74, 6) is -8.17. The molecule has 1 aromatic carbocycles. The molecule has 4 nitrogen and oxygen atoms in total. The van der Waals surface area contributed by atoms with Gasteiger partial charge >= 0.3 is 0 Å². The number of piperazine rings is 1. The van der Waals surface area contributed by atoms with E-state index in [1.165, 1.54) is 0 Å². The van der Waals surface area contributed by atoms with E-state index in [0.29, 0.717) is 4.90 Å². The topological polar surface area (TPSA) is 49.4 Å². The van der Waals surface area contributed by atoms with Crippen molar-refractivity contribution in [3.8, 4) is 0 Å². The molecule has 1 unspecified atom stereocenters. The summed E-state index contributed by atoms with van der Waals surface area (Å²) in [5, 5.41) is 2.32. The maximum atomic E-state index is 13.7. The smallest absolute Gasteiger partial charge is 0.250 e. The number of nitrogens with zero attached hydrogens (tertiary/aromatic N) is 1. The number of carbonyl (C=O) groups excluding carboxylic acids is 2. The van der Waals surface area contributed by atoms with Gasteiger partial charge in [0.25, 0.3) is 0 Å². The summed E-state index contributed by atoms with van der Waals surface area (Å²) in [6.07, 6.45) is 0.183. The fourth-order valence-corrected chi connectivity index (χ4v) is 1.97. The van der Waals surface area contributed by atoms with Crippen LogP contribution in [0.2, 0.25) is 0 Å². The Morgan fingerprint density at radius 1 is 1.20 bits per heavy atom. The van der Waals surface area contributed by atoms with Gasteiger partial charge < -0.3 is 5.32 Å². The minimum absolute atomic E-state index is 0.0416. The number of amides is 2. The monoisotopic (exact) mass is 290 g/mol. The number of anilines is 1. The van der Waals surface area contributed by atoms with Crippen LogP contribution >= 0.6 is 0 Å². The predicted octanol–water partition coefficient (Wildman–Crippen LogP) is 1.48. The van der Waals surface area contributed by atoms with Crippen molar-refractivity contribution in [2.75, 3.05) is 11.4 Å². The summed E-state index contributed by atoms with van der Waals surface area (Å²) < 4.78 is 53.6. The number of hydrogen-bond acceptors (Lipinski definition) is 2. The van der Waals surface area contributed by atoms with Crippen LogP contribution < -0.4 is 10.2 Å². The molecule has 1 aromatic rings. The van der Waals surface area contributed by atoms with E-state index in [1.807, 2.05) is 0 Å². The van der Waals surface area contributed by atoms with Crippen molar-refractivity contribution in [3.63, 3.8) is 0 Å². The summed E-state index contributed by atoms with van der Waals surface area (Å²) in [5.41, 5.74) is -1.18. The fourth-order valence-electron chi connectivity index (χ4n) is 1.97. The molecular formula is C12H10F4N2O2. The first-order chi connectivity index (χ1) is 9.36. The highest BCUT2D eigenvalue weighted by molar-refractivity contribution is 6.06. The number of rotatable bonds is 2. The molecule has 108 valence electrons. The zero-order chi connectivity index (χ0) is 15.0. The SMILES string of the molecule is CCC1NC(=O)CN(c2c(F)c(F)cc(F)c2F)C1=O. The quantitative estimate of drug-likeness (QED) is 0.662. The molecule has 8 heteroatoms. The van der Waals surface area contributed by atoms with E-state index in [2.05, 4.69) is 5.32 Å². The van der Waals surface area contributed by atoms with Gasteiger partial charge in [-0.2, -0.15) is 0 Å². The van der Waals surface area contributed by atoms with Gasteiger partial charge in [-0.1, -0.05) is 6.92 Å². The second-order valence-electron chi connectivity index (χ2n) is 4.27. The Bertz CT molecular complexity index is 565. The lowest BCUT2D eigenvalue weighted by molar-refractivity contribution is -0.131. The van der Waals surface area contributed by atoms with E-state index in [9.17, 15) is 27.2 Å². The fraction of sp³-hybridized carbons (Fsp3) is 0.333. The normalized spacial score (nSPS) is 19.2. The van der Waals surface area contributed by atoms with Gasteiger partial charge in [0.05, 0.1) is 0 Å². The Morgan fingerprint density at radius 2 is 1.75 bits per heavy atom. The van der Waals surface area contributed by atoms with Crippen LogP contribution in [0.25, 0.3) is 0 Å². The van der Waals surface area contributed by atoms with E-state index in [-0.39, 0.29) is 12.5 Å². The second-order valence-corrected chi connectivity index (χ2v) is 4.27. The maximum absolute atomic E-state index is 13.7. The van der Waals surface area contributed by atoms with Crippen molar-refractivity contribution in [2.24, 2.45) is 0 Å². The van der Waals surface area contributed by atoms with Gasteiger partial charge in [-0.25, -0.2) is 17.6 Å². The van der Waals surface area contributed by atoms with Crippen molar-refractivity contribution >= 4 is 17.5 Å². The van der Waals surface area contributed by atoms with Crippen LogP contribution in [-0.2, 0) is 9.59 Å². The third-order valence-electron chi connectivity index (χ3n) is 2.97. The third kappa shape index (κ3) is 2.21. The lowest BCUT2D eigenvalue weighted by Gasteiger charge is -2.32. The Morgan fingerprint density at radius 3 is 2.25 bits per heavy atom. The highest BCUT2D eigenvalue weighted by atomic mass is 19.2. The Kier molecular flexibility index (Phi) is 3.65. The highest BCUT2D eigenvalue weighted by Gasteiger charge is 2.36. The van der Waals surface area contributed by atoms with Gasteiger partial charge in [-0.05, 0) is 6.42 Å². The van der Waals surface area contributed by atoms with Gasteiger partial charge in [0.15, 0.2) is 23.3 Å². The molecule has 1 heterocycles. The number of halogens is 4. The van der Waals surface area contributed by atoms with Gasteiger partial charge in [0.1, 0.15) is 18.3 Å². The molecule has 1 atom stereocenters. The molecule has 20 heavy (non-hydrogen) atoms. The lowest BCUT2D eigenvalue weighted by atomic mass is 10.1. The molecule has 1 fully saturated rings. The largest absolute Gasteiger partial charge is 0.343 e. The molecule has 0 bridgehead atoms. The molecule has 1 N–H and O–H groups in total. The van der Waals surface area contributed by atoms with Crippen molar-refractivity contribution < 1.29 is 27.2 Å². The van der Waals surface area contributed by atoms with Crippen molar-refractivity contribution in [1.29, 1.82) is 0 Å². The Hall–Kier alpha value is -2.12. The Labute approximate surface area is 111 Å².